The zero-order valence-electron chi connectivity index (χ0n) is 13.7. The van der Waals surface area contributed by atoms with Gasteiger partial charge in [-0.1, -0.05) is 6.07 Å². The third kappa shape index (κ3) is 4.89. The highest BCUT2D eigenvalue weighted by molar-refractivity contribution is 7.17. The molecule has 0 aliphatic rings. The summed E-state index contributed by atoms with van der Waals surface area (Å²) in [5.74, 6) is 0.102. The van der Waals surface area contributed by atoms with Gasteiger partial charge in [-0.3, -0.25) is 19.5 Å². The van der Waals surface area contributed by atoms with E-state index in [1.807, 2.05) is 0 Å². The molecular weight excluding hydrogens is 347 g/mol. The molecule has 0 saturated heterocycles. The minimum atomic E-state index is -1.37. The fourth-order valence-corrected chi connectivity index (χ4v) is 2.35. The number of nitro groups is 1. The average molecular weight is 364 g/mol. The van der Waals surface area contributed by atoms with E-state index in [0.717, 1.165) is 0 Å². The van der Waals surface area contributed by atoms with E-state index < -0.39 is 13.6 Å². The topological polar surface area (TPSA) is 99.0 Å². The van der Waals surface area contributed by atoms with Crippen molar-refractivity contribution in [1.82, 2.24) is 4.90 Å². The monoisotopic (exact) mass is 364 g/mol. The van der Waals surface area contributed by atoms with Crippen molar-refractivity contribution in [3.05, 3.63) is 63.7 Å². The van der Waals surface area contributed by atoms with Crippen LogP contribution in [-0.4, -0.2) is 29.8 Å². The van der Waals surface area contributed by atoms with Crippen LogP contribution in [0.1, 0.15) is 15.9 Å². The third-order valence-electron chi connectivity index (χ3n) is 3.25. The molecular formula is C16H17N2O6P. The zero-order valence-corrected chi connectivity index (χ0v) is 14.8. The molecule has 0 heterocycles. The van der Waals surface area contributed by atoms with E-state index in [-0.39, 0.29) is 24.0 Å². The van der Waals surface area contributed by atoms with Crippen molar-refractivity contribution in [3.63, 3.8) is 0 Å². The van der Waals surface area contributed by atoms with Gasteiger partial charge in [0.15, 0.2) is 8.69 Å². The van der Waals surface area contributed by atoms with Crippen LogP contribution in [0.2, 0.25) is 0 Å². The second-order valence-electron chi connectivity index (χ2n) is 5.30. The molecule has 1 unspecified atom stereocenters. The Morgan fingerprint density at radius 1 is 1.24 bits per heavy atom. The van der Waals surface area contributed by atoms with Gasteiger partial charge >= 0.3 is 5.69 Å². The highest BCUT2D eigenvalue weighted by Crippen LogP contribution is 2.33. The number of benzene rings is 2. The number of nitrogens with zero attached hydrogens (tertiary/aromatic N) is 2. The van der Waals surface area contributed by atoms with Crippen LogP contribution in [0, 0.1) is 10.1 Å². The maximum absolute atomic E-state index is 12.0. The highest BCUT2D eigenvalue weighted by Gasteiger charge is 2.17. The van der Waals surface area contributed by atoms with Crippen molar-refractivity contribution < 1.29 is 23.5 Å². The molecule has 132 valence electrons. The molecule has 0 radical (unpaired) electrons. The molecule has 9 heteroatoms. The second-order valence-corrected chi connectivity index (χ2v) is 5.82. The first-order chi connectivity index (χ1) is 11.9. The molecule has 1 atom stereocenters. The van der Waals surface area contributed by atoms with Gasteiger partial charge in [-0.05, 0) is 35.9 Å². The summed E-state index contributed by atoms with van der Waals surface area (Å²) in [6.07, 6.45) is 0. The number of rotatable bonds is 7. The van der Waals surface area contributed by atoms with Crippen LogP contribution >= 0.6 is 8.69 Å². The highest BCUT2D eigenvalue weighted by atomic mass is 31.1. The molecule has 25 heavy (non-hydrogen) atoms. The molecule has 8 nitrogen and oxygen atoms in total. The lowest BCUT2D eigenvalue weighted by molar-refractivity contribution is -0.385. The summed E-state index contributed by atoms with van der Waals surface area (Å²) in [5.41, 5.74) is 0.770. The number of hydrogen-bond acceptors (Lipinski definition) is 6. The van der Waals surface area contributed by atoms with Crippen molar-refractivity contribution in [2.75, 3.05) is 14.1 Å². The lowest BCUT2D eigenvalue weighted by Crippen LogP contribution is -2.21. The molecule has 2 rings (SSSR count). The van der Waals surface area contributed by atoms with Crippen LogP contribution < -0.4 is 4.74 Å². The lowest BCUT2D eigenvalue weighted by Gasteiger charge is -2.12. The van der Waals surface area contributed by atoms with Gasteiger partial charge in [0.25, 0.3) is 5.91 Å². The summed E-state index contributed by atoms with van der Waals surface area (Å²) >= 11 is 0. The number of carbonyl (C=O) groups excluding carboxylic acids is 1. The molecule has 0 N–H and O–H groups in total. The molecule has 2 aromatic rings. The molecule has 0 aliphatic carbocycles. The minimum absolute atomic E-state index is 0.0152. The Bertz CT molecular complexity index is 809. The Hall–Kier alpha value is -2.70. The minimum Gasteiger partial charge on any atom is -0.450 e. The smallest absolute Gasteiger partial charge is 0.311 e. The number of amides is 1. The van der Waals surface area contributed by atoms with E-state index >= 15 is 0 Å². The first-order valence-corrected chi connectivity index (χ1v) is 8.19. The summed E-state index contributed by atoms with van der Waals surface area (Å²) < 4.78 is 21.0. The van der Waals surface area contributed by atoms with E-state index in [2.05, 4.69) is 0 Å². The fraction of sp³-hybridized carbons (Fsp3) is 0.188. The molecule has 0 spiro atoms. The summed E-state index contributed by atoms with van der Waals surface area (Å²) in [4.78, 5) is 24.1. The average Bonchev–Trinajstić information content (AvgIpc) is 2.59. The van der Waals surface area contributed by atoms with Crippen molar-refractivity contribution >= 4 is 20.3 Å². The van der Waals surface area contributed by atoms with Gasteiger partial charge in [-0.25, -0.2) is 0 Å². The maximum atomic E-state index is 12.0. The van der Waals surface area contributed by atoms with Gasteiger partial charge in [0, 0.05) is 25.7 Å². The quantitative estimate of drug-likeness (QED) is 0.425. The van der Waals surface area contributed by atoms with Crippen LogP contribution in [0.15, 0.2) is 42.5 Å². The lowest BCUT2D eigenvalue weighted by atomic mass is 10.2. The summed E-state index contributed by atoms with van der Waals surface area (Å²) in [7, 11) is 1.88. The van der Waals surface area contributed by atoms with Crippen LogP contribution in [0.4, 0.5) is 5.69 Å². The van der Waals surface area contributed by atoms with E-state index in [1.54, 1.807) is 32.3 Å². The Balaban J connectivity index is 2.34. The first kappa shape index (κ1) is 18.6. The maximum Gasteiger partial charge on any atom is 0.311 e. The van der Waals surface area contributed by atoms with Crippen molar-refractivity contribution in [2.45, 2.75) is 6.61 Å². The van der Waals surface area contributed by atoms with Crippen LogP contribution in [0.25, 0.3) is 0 Å². The van der Waals surface area contributed by atoms with Gasteiger partial charge in [-0.2, -0.15) is 0 Å². The normalized spacial score (nSPS) is 10.8. The largest absolute Gasteiger partial charge is 0.450 e. The molecule has 2 aromatic carbocycles. The van der Waals surface area contributed by atoms with Gasteiger partial charge in [0.1, 0.15) is 5.75 Å². The number of ether oxygens (including phenoxy) is 1. The zero-order chi connectivity index (χ0) is 18.4. The Labute approximate surface area is 145 Å². The van der Waals surface area contributed by atoms with Gasteiger partial charge in [0.2, 0.25) is 5.75 Å². The van der Waals surface area contributed by atoms with Crippen LogP contribution in [0.5, 0.6) is 11.5 Å². The van der Waals surface area contributed by atoms with Gasteiger partial charge in [0.05, 0.1) is 11.5 Å². The van der Waals surface area contributed by atoms with Crippen molar-refractivity contribution in [2.24, 2.45) is 0 Å². The molecule has 0 aliphatic heterocycles. The molecule has 0 saturated carbocycles. The van der Waals surface area contributed by atoms with E-state index in [9.17, 15) is 19.5 Å². The molecule has 0 bridgehead atoms. The second kappa shape index (κ2) is 8.41. The van der Waals surface area contributed by atoms with E-state index in [4.69, 9.17) is 9.26 Å². The molecule has 1 amide bonds. The molecule has 0 aromatic heterocycles. The summed E-state index contributed by atoms with van der Waals surface area (Å²) in [6, 6.07) is 10.6. The Morgan fingerprint density at radius 2 is 2.00 bits per heavy atom. The van der Waals surface area contributed by atoms with Gasteiger partial charge in [-0.15, -0.1) is 0 Å². The van der Waals surface area contributed by atoms with Crippen LogP contribution in [0.3, 0.4) is 0 Å². The first-order valence-electron chi connectivity index (χ1n) is 7.24. The van der Waals surface area contributed by atoms with E-state index in [1.165, 1.54) is 29.2 Å². The number of carbonyl (C=O) groups is 1. The van der Waals surface area contributed by atoms with Crippen molar-refractivity contribution in [3.8, 4) is 11.5 Å². The van der Waals surface area contributed by atoms with Gasteiger partial charge < -0.3 is 14.2 Å². The molecule has 0 fully saturated rings. The SMILES string of the molecule is CN(C)C(=O)c1cccc(Oc2cc(CO[PH2]=O)ccc2[N+](=O)[O-])c1. The third-order valence-corrected chi connectivity index (χ3v) is 3.56. The number of hydrogen-bond donors (Lipinski definition) is 0. The standard InChI is InChI=1S/C16H17N2O6P/c1-17(2)16(19)12-4-3-5-13(9-12)24-15-8-11(10-23-25-22)6-7-14(15)18(20)21/h3-9H,10,25H2,1-2H3. The predicted octanol–water partition coefficient (Wildman–Crippen LogP) is 3.28. The predicted molar refractivity (Wildman–Crippen MR) is 92.8 cm³/mol. The summed E-state index contributed by atoms with van der Waals surface area (Å²) in [6.45, 7) is 0.0618. The summed E-state index contributed by atoms with van der Waals surface area (Å²) in [5, 5.41) is 11.2. The Morgan fingerprint density at radius 3 is 2.64 bits per heavy atom. The van der Waals surface area contributed by atoms with E-state index in [0.29, 0.717) is 16.9 Å². The Kier molecular flexibility index (Phi) is 6.27. The van der Waals surface area contributed by atoms with Crippen molar-refractivity contribution in [1.29, 1.82) is 0 Å². The van der Waals surface area contributed by atoms with Crippen LogP contribution in [-0.2, 0) is 15.7 Å². The number of nitro benzene ring substituents is 1. The fourth-order valence-electron chi connectivity index (χ4n) is 2.09.